The normalized spacial score (nSPS) is 11.3. The topological polar surface area (TPSA) is 19.9 Å². The molecular formula is C7H17OSi. The monoisotopic (exact) mass is 145 g/mol. The average molecular weight is 145 g/mol. The molecule has 0 saturated heterocycles. The van der Waals surface area contributed by atoms with Crippen molar-refractivity contribution in [2.75, 3.05) is 0 Å². The molecule has 0 aliphatic rings. The zero-order chi connectivity index (χ0) is 6.95. The molecule has 0 aromatic carbocycles. The van der Waals surface area contributed by atoms with E-state index in [-0.39, 0.29) is 0 Å². The van der Waals surface area contributed by atoms with Gasteiger partial charge in [0.25, 0.3) is 0 Å². The van der Waals surface area contributed by atoms with E-state index < -0.39 is 9.76 Å². The molecule has 55 valence electrons. The molecule has 0 aliphatic heterocycles. The second-order valence-electron chi connectivity index (χ2n) is 2.47. The average Bonchev–Trinajstić information content (AvgIpc) is 1.89. The Morgan fingerprint density at radius 1 is 1.11 bits per heavy atom. The zero-order valence-electron chi connectivity index (χ0n) is 6.36. The quantitative estimate of drug-likeness (QED) is 0.402. The second-order valence-corrected chi connectivity index (χ2v) is 3.59. The second kappa shape index (κ2) is 8.18. The van der Waals surface area contributed by atoms with E-state index in [9.17, 15) is 4.80 Å². The van der Waals surface area contributed by atoms with Gasteiger partial charge in [0, 0.05) is 0 Å². The molecule has 0 heterocycles. The molecule has 0 spiro atoms. The fourth-order valence-electron chi connectivity index (χ4n) is 0.882. The summed E-state index contributed by atoms with van der Waals surface area (Å²) in [6.07, 6.45) is 6.49. The van der Waals surface area contributed by atoms with E-state index in [1.165, 1.54) is 32.1 Å². The van der Waals surface area contributed by atoms with Gasteiger partial charge in [-0.15, -0.1) is 0 Å². The third kappa shape index (κ3) is 8.18. The van der Waals surface area contributed by atoms with Crippen LogP contribution in [-0.4, -0.2) is 9.76 Å². The Labute approximate surface area is 60.4 Å². The number of hydrogen-bond acceptors (Lipinski definition) is 0. The first-order valence-corrected chi connectivity index (χ1v) is 5.57. The lowest BCUT2D eigenvalue weighted by Gasteiger charge is -1.94. The summed E-state index contributed by atoms with van der Waals surface area (Å²) in [6.45, 7) is 2.21. The zero-order valence-corrected chi connectivity index (χ0v) is 7.77. The molecule has 0 aromatic heterocycles. The van der Waals surface area contributed by atoms with E-state index in [1.54, 1.807) is 0 Å². The molecule has 0 amide bonds. The van der Waals surface area contributed by atoms with E-state index in [4.69, 9.17) is 0 Å². The maximum absolute atomic E-state index is 10.1. The highest BCUT2D eigenvalue weighted by molar-refractivity contribution is 6.24. The Kier molecular flexibility index (Phi) is 8.34. The van der Waals surface area contributed by atoms with Gasteiger partial charge >= 0.3 is 0 Å². The highest BCUT2D eigenvalue weighted by Crippen LogP contribution is 2.03. The molecule has 2 heteroatoms. The van der Waals surface area contributed by atoms with E-state index in [0.29, 0.717) is 0 Å². The van der Waals surface area contributed by atoms with E-state index >= 15 is 0 Å². The van der Waals surface area contributed by atoms with Crippen molar-refractivity contribution in [2.45, 2.75) is 45.1 Å². The Morgan fingerprint density at radius 3 is 2.33 bits per heavy atom. The van der Waals surface area contributed by atoms with Crippen LogP contribution in [0.4, 0.5) is 0 Å². The largest absolute Gasteiger partial charge is 0.306 e. The van der Waals surface area contributed by atoms with Gasteiger partial charge in [-0.3, -0.25) is 0 Å². The van der Waals surface area contributed by atoms with Crippen LogP contribution in [0.3, 0.4) is 0 Å². The van der Waals surface area contributed by atoms with Crippen molar-refractivity contribution >= 4 is 9.76 Å². The van der Waals surface area contributed by atoms with Crippen molar-refractivity contribution in [1.82, 2.24) is 0 Å². The first kappa shape index (κ1) is 9.18. The predicted octanol–water partition coefficient (Wildman–Crippen LogP) is 1.89. The SMILES string of the molecule is CCCCCCC[SiH2][O]. The third-order valence-electron chi connectivity index (χ3n) is 1.50. The molecule has 0 aromatic rings. The first-order chi connectivity index (χ1) is 4.41. The highest BCUT2D eigenvalue weighted by Gasteiger charge is 1.87. The molecule has 0 saturated carbocycles. The molecule has 0 unspecified atom stereocenters. The third-order valence-corrected chi connectivity index (χ3v) is 2.29. The summed E-state index contributed by atoms with van der Waals surface area (Å²) in [7, 11) is -0.870. The standard InChI is InChI=1S/C7H17OSi/c1-2-3-4-5-6-7-9-8/h2-7,9H2,1H3. The predicted molar refractivity (Wildman–Crippen MR) is 42.8 cm³/mol. The molecular weight excluding hydrogens is 128 g/mol. The van der Waals surface area contributed by atoms with Crippen molar-refractivity contribution in [3.8, 4) is 0 Å². The minimum absolute atomic E-state index is 0.870. The molecule has 1 radical (unpaired) electrons. The fraction of sp³-hybridized carbons (Fsp3) is 1.00. The van der Waals surface area contributed by atoms with Crippen LogP contribution in [0.2, 0.25) is 6.04 Å². The van der Waals surface area contributed by atoms with Crippen molar-refractivity contribution in [2.24, 2.45) is 0 Å². The molecule has 0 N–H and O–H groups in total. The summed E-state index contributed by atoms with van der Waals surface area (Å²) in [5.41, 5.74) is 0. The molecule has 0 bridgehead atoms. The van der Waals surface area contributed by atoms with Gasteiger partial charge in [-0.1, -0.05) is 39.0 Å². The van der Waals surface area contributed by atoms with Crippen LogP contribution in [0.1, 0.15) is 39.0 Å². The van der Waals surface area contributed by atoms with Crippen molar-refractivity contribution in [3.05, 3.63) is 0 Å². The summed E-state index contributed by atoms with van der Waals surface area (Å²) >= 11 is 0. The lowest BCUT2D eigenvalue weighted by molar-refractivity contribution is 0.469. The van der Waals surface area contributed by atoms with E-state index in [0.717, 1.165) is 6.04 Å². The van der Waals surface area contributed by atoms with Crippen molar-refractivity contribution in [1.29, 1.82) is 0 Å². The molecule has 9 heavy (non-hydrogen) atoms. The van der Waals surface area contributed by atoms with E-state index in [2.05, 4.69) is 6.92 Å². The van der Waals surface area contributed by atoms with Gasteiger partial charge in [-0.2, -0.15) is 0 Å². The summed E-state index contributed by atoms with van der Waals surface area (Å²) in [6, 6.07) is 1.02. The van der Waals surface area contributed by atoms with Crippen LogP contribution < -0.4 is 0 Å². The number of rotatable bonds is 6. The Bertz CT molecular complexity index is 42.2. The first-order valence-electron chi connectivity index (χ1n) is 4.00. The molecule has 1 nitrogen and oxygen atoms in total. The molecule has 0 atom stereocenters. The van der Waals surface area contributed by atoms with Crippen molar-refractivity contribution in [3.63, 3.8) is 0 Å². The van der Waals surface area contributed by atoms with Gasteiger partial charge in [0.15, 0.2) is 0 Å². The summed E-state index contributed by atoms with van der Waals surface area (Å²) < 4.78 is 0. The Balaban J connectivity index is 2.60. The van der Waals surface area contributed by atoms with Crippen LogP contribution >= 0.6 is 0 Å². The minimum atomic E-state index is -0.870. The highest BCUT2D eigenvalue weighted by atomic mass is 28.2. The van der Waals surface area contributed by atoms with Crippen LogP contribution in [0.25, 0.3) is 0 Å². The lowest BCUT2D eigenvalue weighted by atomic mass is 10.2. The van der Waals surface area contributed by atoms with Crippen LogP contribution in [0.5, 0.6) is 0 Å². The Morgan fingerprint density at radius 2 is 1.78 bits per heavy atom. The van der Waals surface area contributed by atoms with Gasteiger partial charge in [-0.05, 0) is 6.04 Å². The van der Waals surface area contributed by atoms with Gasteiger partial charge < -0.3 is 4.80 Å². The molecule has 0 aliphatic carbocycles. The molecule has 0 rings (SSSR count). The maximum Gasteiger partial charge on any atom is 0.207 e. The Hall–Kier alpha value is 0.177. The van der Waals surface area contributed by atoms with Crippen LogP contribution in [0.15, 0.2) is 0 Å². The summed E-state index contributed by atoms with van der Waals surface area (Å²) in [5.74, 6) is 0. The molecule has 0 fully saturated rings. The lowest BCUT2D eigenvalue weighted by Crippen LogP contribution is -1.83. The van der Waals surface area contributed by atoms with Crippen molar-refractivity contribution < 1.29 is 4.80 Å². The van der Waals surface area contributed by atoms with Gasteiger partial charge in [-0.25, -0.2) is 0 Å². The van der Waals surface area contributed by atoms with E-state index in [1.807, 2.05) is 0 Å². The minimum Gasteiger partial charge on any atom is -0.306 e. The smallest absolute Gasteiger partial charge is 0.207 e. The number of hydrogen-bond donors (Lipinski definition) is 0. The number of unbranched alkanes of at least 4 members (excludes halogenated alkanes) is 4. The van der Waals surface area contributed by atoms with Gasteiger partial charge in [0.1, 0.15) is 0 Å². The summed E-state index contributed by atoms with van der Waals surface area (Å²) in [5, 5.41) is 0. The maximum atomic E-state index is 10.1. The summed E-state index contributed by atoms with van der Waals surface area (Å²) in [4.78, 5) is 10.1. The van der Waals surface area contributed by atoms with Gasteiger partial charge in [0.05, 0.1) is 0 Å². The fourth-order valence-corrected chi connectivity index (χ4v) is 1.44. The van der Waals surface area contributed by atoms with Crippen LogP contribution in [0, 0.1) is 0 Å². The van der Waals surface area contributed by atoms with Gasteiger partial charge in [0.2, 0.25) is 9.76 Å². The van der Waals surface area contributed by atoms with Crippen LogP contribution in [-0.2, 0) is 4.80 Å².